The minimum Gasteiger partial charge on any atom is -0.357 e. The topological polar surface area (TPSA) is 39.7 Å². The second kappa shape index (κ2) is 8.27. The summed E-state index contributed by atoms with van der Waals surface area (Å²) in [4.78, 5) is 8.38. The van der Waals surface area contributed by atoms with Crippen molar-refractivity contribution in [2.45, 2.75) is 26.3 Å². The Bertz CT molecular complexity index is 402. The van der Waals surface area contributed by atoms with Crippen LogP contribution in [-0.4, -0.2) is 44.1 Å². The lowest BCUT2D eigenvalue weighted by Gasteiger charge is -2.30. The van der Waals surface area contributed by atoms with Crippen molar-refractivity contribution in [2.75, 3.05) is 33.2 Å². The van der Waals surface area contributed by atoms with Crippen molar-refractivity contribution in [1.82, 2.24) is 15.5 Å². The van der Waals surface area contributed by atoms with Gasteiger partial charge in [0, 0.05) is 24.5 Å². The summed E-state index contributed by atoms with van der Waals surface area (Å²) in [6, 6.07) is 4.21. The van der Waals surface area contributed by atoms with Gasteiger partial charge in [-0.15, -0.1) is 11.3 Å². The Labute approximate surface area is 126 Å². The molecule has 1 unspecified atom stereocenters. The van der Waals surface area contributed by atoms with Crippen molar-refractivity contribution in [2.24, 2.45) is 10.9 Å². The molecule has 112 valence electrons. The molecule has 20 heavy (non-hydrogen) atoms. The van der Waals surface area contributed by atoms with E-state index >= 15 is 0 Å². The number of nitrogens with one attached hydrogen (secondary N) is 2. The Kier molecular flexibility index (Phi) is 6.33. The minimum absolute atomic E-state index is 0.736. The zero-order valence-electron chi connectivity index (χ0n) is 12.6. The molecule has 0 aromatic carbocycles. The Hall–Kier alpha value is -1.07. The number of hydrogen-bond acceptors (Lipinski definition) is 3. The first-order chi connectivity index (χ1) is 9.78. The Morgan fingerprint density at radius 3 is 3.10 bits per heavy atom. The third kappa shape index (κ3) is 5.13. The summed E-state index contributed by atoms with van der Waals surface area (Å²) in [6.07, 6.45) is 2.63. The molecule has 2 heterocycles. The number of hydrogen-bond donors (Lipinski definition) is 2. The van der Waals surface area contributed by atoms with Crippen LogP contribution in [-0.2, 0) is 6.54 Å². The minimum atomic E-state index is 0.736. The van der Waals surface area contributed by atoms with E-state index in [4.69, 9.17) is 0 Å². The fourth-order valence-electron chi connectivity index (χ4n) is 2.58. The SMILES string of the molecule is CCNC(=NCc1cccs1)NCC1CCCN(C)C1. The molecule has 1 aliphatic heterocycles. The summed E-state index contributed by atoms with van der Waals surface area (Å²) in [5.41, 5.74) is 0. The average Bonchev–Trinajstić information content (AvgIpc) is 2.95. The molecule has 1 saturated heterocycles. The molecular weight excluding hydrogens is 268 g/mol. The van der Waals surface area contributed by atoms with Crippen LogP contribution in [0.3, 0.4) is 0 Å². The molecule has 0 aliphatic carbocycles. The van der Waals surface area contributed by atoms with Crippen LogP contribution in [0.15, 0.2) is 22.5 Å². The zero-order chi connectivity index (χ0) is 14.2. The molecule has 2 rings (SSSR count). The summed E-state index contributed by atoms with van der Waals surface area (Å²) >= 11 is 1.76. The van der Waals surface area contributed by atoms with Gasteiger partial charge >= 0.3 is 0 Å². The highest BCUT2D eigenvalue weighted by atomic mass is 32.1. The molecular formula is C15H26N4S. The lowest BCUT2D eigenvalue weighted by Crippen LogP contribution is -2.43. The fraction of sp³-hybridized carbons (Fsp3) is 0.667. The largest absolute Gasteiger partial charge is 0.357 e. The monoisotopic (exact) mass is 294 g/mol. The number of piperidine rings is 1. The highest BCUT2D eigenvalue weighted by molar-refractivity contribution is 7.09. The number of thiophene rings is 1. The van der Waals surface area contributed by atoms with E-state index in [1.807, 2.05) is 0 Å². The quantitative estimate of drug-likeness (QED) is 0.646. The van der Waals surface area contributed by atoms with Crippen LogP contribution in [0.25, 0.3) is 0 Å². The molecule has 1 aromatic heterocycles. The van der Waals surface area contributed by atoms with Crippen LogP contribution in [0.5, 0.6) is 0 Å². The number of likely N-dealkylation sites (tertiary alicyclic amines) is 1. The van der Waals surface area contributed by atoms with Crippen molar-refractivity contribution < 1.29 is 0 Å². The van der Waals surface area contributed by atoms with Crippen molar-refractivity contribution in [3.05, 3.63) is 22.4 Å². The lowest BCUT2D eigenvalue weighted by atomic mass is 9.99. The van der Waals surface area contributed by atoms with E-state index in [9.17, 15) is 0 Å². The smallest absolute Gasteiger partial charge is 0.191 e. The van der Waals surface area contributed by atoms with Gasteiger partial charge in [0.05, 0.1) is 6.54 Å². The number of aliphatic imine (C=N–C) groups is 1. The molecule has 0 spiro atoms. The summed E-state index contributed by atoms with van der Waals surface area (Å²) < 4.78 is 0. The second-order valence-electron chi connectivity index (χ2n) is 5.43. The van der Waals surface area contributed by atoms with E-state index < -0.39 is 0 Å². The molecule has 2 N–H and O–H groups in total. The van der Waals surface area contributed by atoms with Gasteiger partial charge in [-0.25, -0.2) is 4.99 Å². The molecule has 0 bridgehead atoms. The maximum atomic E-state index is 4.65. The molecule has 5 heteroatoms. The Morgan fingerprint density at radius 1 is 1.50 bits per heavy atom. The predicted octanol–water partition coefficient (Wildman–Crippen LogP) is 2.15. The van der Waals surface area contributed by atoms with Crippen molar-refractivity contribution >= 4 is 17.3 Å². The van der Waals surface area contributed by atoms with Gasteiger partial charge in [0.2, 0.25) is 0 Å². The first-order valence-corrected chi connectivity index (χ1v) is 8.39. The van der Waals surface area contributed by atoms with E-state index in [-0.39, 0.29) is 0 Å². The summed E-state index contributed by atoms with van der Waals surface area (Å²) in [5.74, 6) is 1.67. The highest BCUT2D eigenvalue weighted by Gasteiger charge is 2.17. The number of rotatable bonds is 5. The van der Waals surface area contributed by atoms with Crippen LogP contribution in [0.2, 0.25) is 0 Å². The van der Waals surface area contributed by atoms with E-state index in [0.29, 0.717) is 0 Å². The molecule has 1 fully saturated rings. The van der Waals surface area contributed by atoms with E-state index in [1.165, 1.54) is 30.8 Å². The normalized spacial score (nSPS) is 20.9. The van der Waals surface area contributed by atoms with Crippen molar-refractivity contribution in [1.29, 1.82) is 0 Å². The van der Waals surface area contributed by atoms with Crippen molar-refractivity contribution in [3.63, 3.8) is 0 Å². The number of guanidine groups is 1. The van der Waals surface area contributed by atoms with Crippen LogP contribution in [0, 0.1) is 5.92 Å². The van der Waals surface area contributed by atoms with Crippen LogP contribution >= 0.6 is 11.3 Å². The fourth-order valence-corrected chi connectivity index (χ4v) is 3.21. The maximum Gasteiger partial charge on any atom is 0.191 e. The van der Waals surface area contributed by atoms with Gasteiger partial charge in [0.15, 0.2) is 5.96 Å². The molecule has 0 saturated carbocycles. The van der Waals surface area contributed by atoms with Gasteiger partial charge in [-0.3, -0.25) is 0 Å². The van der Waals surface area contributed by atoms with Gasteiger partial charge in [-0.05, 0) is 50.7 Å². The standard InChI is InChI=1S/C15H26N4S/c1-3-16-15(18-11-14-7-5-9-20-14)17-10-13-6-4-8-19(2)12-13/h5,7,9,13H,3-4,6,8,10-12H2,1-2H3,(H2,16,17,18). The maximum absolute atomic E-state index is 4.65. The summed E-state index contributed by atoms with van der Waals surface area (Å²) in [7, 11) is 2.21. The first-order valence-electron chi connectivity index (χ1n) is 7.51. The van der Waals surface area contributed by atoms with Crippen molar-refractivity contribution in [3.8, 4) is 0 Å². The summed E-state index contributed by atoms with van der Waals surface area (Å²) in [5, 5.41) is 8.92. The van der Waals surface area contributed by atoms with E-state index in [0.717, 1.165) is 31.5 Å². The van der Waals surface area contributed by atoms with E-state index in [1.54, 1.807) is 11.3 Å². The molecule has 0 radical (unpaired) electrons. The second-order valence-corrected chi connectivity index (χ2v) is 6.46. The Morgan fingerprint density at radius 2 is 2.40 bits per heavy atom. The van der Waals surface area contributed by atoms with Gasteiger partial charge < -0.3 is 15.5 Å². The number of nitrogens with zero attached hydrogens (tertiary/aromatic N) is 2. The van der Waals surface area contributed by atoms with Gasteiger partial charge in [0.25, 0.3) is 0 Å². The van der Waals surface area contributed by atoms with E-state index in [2.05, 4.69) is 52.0 Å². The first kappa shape index (κ1) is 15.3. The van der Waals surface area contributed by atoms with Crippen LogP contribution < -0.4 is 10.6 Å². The molecule has 0 amide bonds. The van der Waals surface area contributed by atoms with Gasteiger partial charge in [-0.1, -0.05) is 6.07 Å². The van der Waals surface area contributed by atoms with Crippen LogP contribution in [0.4, 0.5) is 0 Å². The molecule has 1 aliphatic rings. The predicted molar refractivity (Wildman–Crippen MR) is 87.4 cm³/mol. The van der Waals surface area contributed by atoms with Crippen LogP contribution in [0.1, 0.15) is 24.6 Å². The lowest BCUT2D eigenvalue weighted by molar-refractivity contribution is 0.210. The third-order valence-corrected chi connectivity index (χ3v) is 4.46. The van der Waals surface area contributed by atoms with Gasteiger partial charge in [0.1, 0.15) is 0 Å². The zero-order valence-corrected chi connectivity index (χ0v) is 13.4. The Balaban J connectivity index is 1.80. The average molecular weight is 294 g/mol. The summed E-state index contributed by atoms with van der Waals surface area (Å²) in [6.45, 7) is 7.22. The molecule has 1 aromatic rings. The molecule has 1 atom stereocenters. The highest BCUT2D eigenvalue weighted by Crippen LogP contribution is 2.14. The van der Waals surface area contributed by atoms with Gasteiger partial charge in [-0.2, -0.15) is 0 Å². The molecule has 4 nitrogen and oxygen atoms in total. The third-order valence-electron chi connectivity index (χ3n) is 3.60.